The number of guanidine groups is 1. The Labute approximate surface area is 99.1 Å². The Bertz CT molecular complexity index is 270. The molecule has 2 rings (SSSR count). The molecular formula is C13H25N3. The molecule has 1 saturated carbocycles. The van der Waals surface area contributed by atoms with Crippen molar-refractivity contribution in [3.8, 4) is 0 Å². The molecule has 1 heterocycles. The van der Waals surface area contributed by atoms with Gasteiger partial charge in [0, 0.05) is 6.54 Å². The Morgan fingerprint density at radius 3 is 2.81 bits per heavy atom. The molecule has 0 spiro atoms. The minimum atomic E-state index is 0.210. The Hall–Kier alpha value is -0.730. The number of aliphatic imine (C=N–C) groups is 1. The summed E-state index contributed by atoms with van der Waals surface area (Å²) in [6, 6.07) is 0. The van der Waals surface area contributed by atoms with Gasteiger partial charge in [0.05, 0.1) is 12.1 Å². The highest BCUT2D eigenvalue weighted by Gasteiger charge is 2.39. The maximum absolute atomic E-state index is 6.01. The molecule has 3 heteroatoms. The van der Waals surface area contributed by atoms with Crippen molar-refractivity contribution in [2.24, 2.45) is 16.6 Å². The number of rotatable bonds is 6. The van der Waals surface area contributed by atoms with E-state index in [1.165, 1.54) is 38.5 Å². The number of unbranched alkanes of at least 4 members (excludes halogenated alkanes) is 2. The van der Waals surface area contributed by atoms with Gasteiger partial charge < -0.3 is 10.6 Å². The summed E-state index contributed by atoms with van der Waals surface area (Å²) in [5.74, 6) is 1.67. The van der Waals surface area contributed by atoms with Crippen molar-refractivity contribution < 1.29 is 0 Å². The smallest absolute Gasteiger partial charge is 0.191 e. The molecule has 1 aliphatic heterocycles. The molecule has 92 valence electrons. The second-order valence-corrected chi connectivity index (χ2v) is 5.68. The van der Waals surface area contributed by atoms with Crippen LogP contribution >= 0.6 is 0 Å². The monoisotopic (exact) mass is 223 g/mol. The van der Waals surface area contributed by atoms with Crippen LogP contribution in [0.15, 0.2) is 4.99 Å². The first-order valence-corrected chi connectivity index (χ1v) is 6.73. The molecule has 3 nitrogen and oxygen atoms in total. The van der Waals surface area contributed by atoms with E-state index in [2.05, 4.69) is 23.7 Å². The third kappa shape index (κ3) is 2.50. The van der Waals surface area contributed by atoms with Crippen molar-refractivity contribution in [3.63, 3.8) is 0 Å². The van der Waals surface area contributed by atoms with Crippen LogP contribution in [0, 0.1) is 5.92 Å². The zero-order valence-electron chi connectivity index (χ0n) is 10.7. The van der Waals surface area contributed by atoms with Crippen molar-refractivity contribution in [1.29, 1.82) is 0 Å². The standard InChI is InChI=1S/C13H25N3/c1-3-4-5-8-13(2)10-15-12(14)16(13)9-11-6-7-11/h11H,3-10H2,1-2H3,(H2,14,15). The summed E-state index contributed by atoms with van der Waals surface area (Å²) in [5, 5.41) is 0. The predicted octanol–water partition coefficient (Wildman–Crippen LogP) is 2.37. The molecule has 0 aromatic rings. The lowest BCUT2D eigenvalue weighted by atomic mass is 9.93. The lowest BCUT2D eigenvalue weighted by molar-refractivity contribution is 0.196. The summed E-state index contributed by atoms with van der Waals surface area (Å²) in [7, 11) is 0. The Kier molecular flexibility index (Phi) is 3.41. The summed E-state index contributed by atoms with van der Waals surface area (Å²) in [5.41, 5.74) is 6.22. The average molecular weight is 223 g/mol. The topological polar surface area (TPSA) is 41.6 Å². The van der Waals surface area contributed by atoms with Crippen molar-refractivity contribution in [1.82, 2.24) is 4.90 Å². The first kappa shape index (κ1) is 11.7. The summed E-state index contributed by atoms with van der Waals surface area (Å²) in [4.78, 5) is 6.83. The van der Waals surface area contributed by atoms with E-state index in [0.29, 0.717) is 0 Å². The molecule has 16 heavy (non-hydrogen) atoms. The number of nitrogens with two attached hydrogens (primary N) is 1. The van der Waals surface area contributed by atoms with Crippen LogP contribution in [0.4, 0.5) is 0 Å². The summed E-state index contributed by atoms with van der Waals surface area (Å²) in [6.45, 7) is 6.62. The minimum Gasteiger partial charge on any atom is -0.370 e. The fourth-order valence-electron chi connectivity index (χ4n) is 2.54. The van der Waals surface area contributed by atoms with Crippen molar-refractivity contribution in [3.05, 3.63) is 0 Å². The van der Waals surface area contributed by atoms with Crippen molar-refractivity contribution in [2.45, 2.75) is 57.9 Å². The van der Waals surface area contributed by atoms with Gasteiger partial charge in [0.1, 0.15) is 0 Å². The molecule has 0 radical (unpaired) electrons. The highest BCUT2D eigenvalue weighted by atomic mass is 15.4. The minimum absolute atomic E-state index is 0.210. The molecule has 0 aromatic heterocycles. The van der Waals surface area contributed by atoms with Crippen LogP contribution in [0.25, 0.3) is 0 Å². The SMILES string of the molecule is CCCCCC1(C)CN=C(N)N1CC1CC1. The van der Waals surface area contributed by atoms with Gasteiger partial charge in [-0.25, -0.2) is 0 Å². The van der Waals surface area contributed by atoms with E-state index < -0.39 is 0 Å². The predicted molar refractivity (Wildman–Crippen MR) is 68.5 cm³/mol. The largest absolute Gasteiger partial charge is 0.370 e. The Morgan fingerprint density at radius 2 is 2.19 bits per heavy atom. The molecule has 1 atom stereocenters. The van der Waals surface area contributed by atoms with Crippen molar-refractivity contribution in [2.75, 3.05) is 13.1 Å². The molecule has 2 N–H and O–H groups in total. The highest BCUT2D eigenvalue weighted by Crippen LogP contribution is 2.35. The number of hydrogen-bond donors (Lipinski definition) is 1. The summed E-state index contributed by atoms with van der Waals surface area (Å²) in [6.07, 6.45) is 7.92. The van der Waals surface area contributed by atoms with Gasteiger partial charge in [-0.15, -0.1) is 0 Å². The maximum Gasteiger partial charge on any atom is 0.191 e. The second kappa shape index (κ2) is 4.64. The van der Waals surface area contributed by atoms with Crippen LogP contribution in [0.2, 0.25) is 0 Å². The third-order valence-electron chi connectivity index (χ3n) is 3.97. The van der Waals surface area contributed by atoms with E-state index in [1.54, 1.807) is 0 Å². The van der Waals surface area contributed by atoms with Gasteiger partial charge in [-0.3, -0.25) is 4.99 Å². The lowest BCUT2D eigenvalue weighted by Gasteiger charge is -2.36. The van der Waals surface area contributed by atoms with Gasteiger partial charge in [-0.1, -0.05) is 26.2 Å². The van der Waals surface area contributed by atoms with Crippen LogP contribution in [0.3, 0.4) is 0 Å². The molecule has 2 aliphatic rings. The maximum atomic E-state index is 6.01. The number of hydrogen-bond acceptors (Lipinski definition) is 3. The molecular weight excluding hydrogens is 198 g/mol. The molecule has 0 aromatic carbocycles. The van der Waals surface area contributed by atoms with Crippen LogP contribution in [-0.2, 0) is 0 Å². The summed E-state index contributed by atoms with van der Waals surface area (Å²) >= 11 is 0. The van der Waals surface area contributed by atoms with Gasteiger partial charge in [-0.2, -0.15) is 0 Å². The first-order chi connectivity index (χ1) is 7.65. The van der Waals surface area contributed by atoms with Crippen LogP contribution in [0.1, 0.15) is 52.4 Å². The normalized spacial score (nSPS) is 29.6. The molecule has 0 amide bonds. The van der Waals surface area contributed by atoms with Crippen molar-refractivity contribution >= 4 is 5.96 Å². The Balaban J connectivity index is 1.90. The van der Waals surface area contributed by atoms with E-state index in [4.69, 9.17) is 5.73 Å². The second-order valence-electron chi connectivity index (χ2n) is 5.68. The van der Waals surface area contributed by atoms with E-state index >= 15 is 0 Å². The van der Waals surface area contributed by atoms with Crippen LogP contribution in [-0.4, -0.2) is 29.5 Å². The molecule has 1 unspecified atom stereocenters. The van der Waals surface area contributed by atoms with Gasteiger partial charge in [0.15, 0.2) is 5.96 Å². The zero-order valence-corrected chi connectivity index (χ0v) is 10.7. The van der Waals surface area contributed by atoms with E-state index in [9.17, 15) is 0 Å². The highest BCUT2D eigenvalue weighted by molar-refractivity contribution is 5.81. The molecule has 0 bridgehead atoms. The fraction of sp³-hybridized carbons (Fsp3) is 0.923. The molecule has 1 fully saturated rings. The van der Waals surface area contributed by atoms with Gasteiger partial charge in [-0.05, 0) is 32.1 Å². The first-order valence-electron chi connectivity index (χ1n) is 6.73. The van der Waals surface area contributed by atoms with Gasteiger partial charge in [0.2, 0.25) is 0 Å². The quantitative estimate of drug-likeness (QED) is 0.702. The molecule has 0 saturated heterocycles. The Morgan fingerprint density at radius 1 is 1.44 bits per heavy atom. The zero-order chi connectivity index (χ0) is 11.6. The fourth-order valence-corrected chi connectivity index (χ4v) is 2.54. The van der Waals surface area contributed by atoms with E-state index in [0.717, 1.165) is 25.0 Å². The third-order valence-corrected chi connectivity index (χ3v) is 3.97. The number of nitrogens with zero attached hydrogens (tertiary/aromatic N) is 2. The van der Waals surface area contributed by atoms with Crippen LogP contribution < -0.4 is 5.73 Å². The van der Waals surface area contributed by atoms with Gasteiger partial charge >= 0.3 is 0 Å². The van der Waals surface area contributed by atoms with E-state index in [-0.39, 0.29) is 5.54 Å². The lowest BCUT2D eigenvalue weighted by Crippen LogP contribution is -2.50. The van der Waals surface area contributed by atoms with Gasteiger partial charge in [0.25, 0.3) is 0 Å². The molecule has 1 aliphatic carbocycles. The van der Waals surface area contributed by atoms with Crippen LogP contribution in [0.5, 0.6) is 0 Å². The summed E-state index contributed by atoms with van der Waals surface area (Å²) < 4.78 is 0. The average Bonchev–Trinajstić information content (AvgIpc) is 3.02. The van der Waals surface area contributed by atoms with E-state index in [1.807, 2.05) is 0 Å².